The molecule has 1 aromatic carbocycles. The van der Waals surface area contributed by atoms with Gasteiger partial charge < -0.3 is 19.6 Å². The summed E-state index contributed by atoms with van der Waals surface area (Å²) in [5.74, 6) is 1.16. The summed E-state index contributed by atoms with van der Waals surface area (Å²) in [7, 11) is -2.10. The SMILES string of the molecule is Cc1cn([C@H]2C[C@H](C3(c4ccc(NC(=O)CCCCCCC(=O)O)cc4)SCCCS3)[C@@H](CO[Si](C)(C)C(C)(C)C)O2)c(=O)[nH]c1=O. The summed E-state index contributed by atoms with van der Waals surface area (Å²) in [6, 6.07) is 8.12. The van der Waals surface area contributed by atoms with Crippen LogP contribution in [-0.2, 0) is 22.8 Å². The zero-order chi connectivity index (χ0) is 34.4. The molecule has 0 radical (unpaired) electrons. The third kappa shape index (κ3) is 9.43. The minimum absolute atomic E-state index is 0.00766. The van der Waals surface area contributed by atoms with Gasteiger partial charge in [-0.2, -0.15) is 0 Å². The molecule has 0 aliphatic carbocycles. The number of ether oxygens (including phenoxy) is 1. The summed E-state index contributed by atoms with van der Waals surface area (Å²) < 4.78 is 14.6. The zero-order valence-corrected chi connectivity index (χ0v) is 31.2. The number of anilines is 1. The molecule has 47 heavy (non-hydrogen) atoms. The van der Waals surface area contributed by atoms with Crippen LogP contribution in [0.2, 0.25) is 18.1 Å². The lowest BCUT2D eigenvalue weighted by atomic mass is 9.91. The van der Waals surface area contributed by atoms with Gasteiger partial charge >= 0.3 is 11.7 Å². The Hall–Kier alpha value is -2.32. The minimum atomic E-state index is -2.10. The highest BCUT2D eigenvalue weighted by Crippen LogP contribution is 2.60. The standard InChI is InChI=1S/C34H51N3O7S2Si/c1-23-21-37(32(42)36-31(23)41)29-20-26(27(44-29)22-43-47(5,6)33(2,3)4)34(45-18-11-19-46-34)24-14-16-25(17-15-24)35-28(38)12-9-7-8-10-13-30(39)40/h14-17,21,26-27,29H,7-13,18-20,22H2,1-6H3,(H,35,38)(H,39,40)(H,36,41,42)/t26-,27+,29+/m0/s1. The lowest BCUT2D eigenvalue weighted by Gasteiger charge is -2.44. The first kappa shape index (κ1) is 37.5. The van der Waals surface area contributed by atoms with E-state index in [1.54, 1.807) is 13.1 Å². The number of carbonyl (C=O) groups excluding carboxylic acids is 1. The van der Waals surface area contributed by atoms with Crippen molar-refractivity contribution in [3.8, 4) is 0 Å². The number of aryl methyl sites for hydroxylation is 1. The highest BCUT2D eigenvalue weighted by molar-refractivity contribution is 8.18. The van der Waals surface area contributed by atoms with E-state index in [0.717, 1.165) is 48.4 Å². The molecule has 3 heterocycles. The number of carboxylic acids is 1. The van der Waals surface area contributed by atoms with Gasteiger partial charge in [-0.25, -0.2) is 4.79 Å². The molecule has 2 fully saturated rings. The number of benzene rings is 1. The van der Waals surface area contributed by atoms with Crippen molar-refractivity contribution in [2.45, 2.75) is 114 Å². The molecule has 1 amide bonds. The highest BCUT2D eigenvalue weighted by Gasteiger charge is 2.53. The molecule has 2 saturated heterocycles. The molecular weight excluding hydrogens is 655 g/mol. The van der Waals surface area contributed by atoms with Gasteiger partial charge in [0, 0.05) is 42.6 Å². The Labute approximate surface area is 287 Å². The van der Waals surface area contributed by atoms with E-state index in [2.05, 4.69) is 56.3 Å². The van der Waals surface area contributed by atoms with Gasteiger partial charge in [0.2, 0.25) is 5.91 Å². The normalized spacial score (nSPS) is 21.4. The van der Waals surface area contributed by atoms with E-state index in [1.807, 2.05) is 35.7 Å². The number of thioether (sulfide) groups is 2. The number of nitrogens with one attached hydrogen (secondary N) is 2. The molecule has 3 atom stereocenters. The number of hydrogen-bond acceptors (Lipinski definition) is 8. The van der Waals surface area contributed by atoms with E-state index in [-0.39, 0.29) is 33.5 Å². The van der Waals surface area contributed by atoms with Gasteiger partial charge in [-0.15, -0.1) is 23.5 Å². The second-order valence-electron chi connectivity index (χ2n) is 14.2. The van der Waals surface area contributed by atoms with E-state index in [1.165, 1.54) is 4.57 Å². The minimum Gasteiger partial charge on any atom is -0.481 e. The molecule has 0 spiro atoms. The highest BCUT2D eigenvalue weighted by atomic mass is 32.2. The second kappa shape index (κ2) is 15.9. The summed E-state index contributed by atoms with van der Waals surface area (Å²) in [6.07, 6.45) is 6.00. The summed E-state index contributed by atoms with van der Waals surface area (Å²) in [5.41, 5.74) is 1.46. The zero-order valence-electron chi connectivity index (χ0n) is 28.6. The Bertz CT molecular complexity index is 1500. The van der Waals surface area contributed by atoms with E-state index in [0.29, 0.717) is 31.4 Å². The van der Waals surface area contributed by atoms with Crippen molar-refractivity contribution in [1.82, 2.24) is 9.55 Å². The molecule has 2 aliphatic heterocycles. The van der Waals surface area contributed by atoms with E-state index in [4.69, 9.17) is 14.3 Å². The number of nitrogens with zero attached hydrogens (tertiary/aromatic N) is 1. The number of carbonyl (C=O) groups is 2. The van der Waals surface area contributed by atoms with Crippen LogP contribution in [0, 0.1) is 12.8 Å². The molecule has 0 saturated carbocycles. The molecule has 1 aromatic heterocycles. The Morgan fingerprint density at radius 3 is 2.34 bits per heavy atom. The Balaban J connectivity index is 1.56. The van der Waals surface area contributed by atoms with Crippen LogP contribution < -0.4 is 16.6 Å². The third-order valence-electron chi connectivity index (χ3n) is 9.63. The largest absolute Gasteiger partial charge is 0.481 e. The Kier molecular flexibility index (Phi) is 12.7. The van der Waals surface area contributed by atoms with Crippen molar-refractivity contribution in [2.75, 3.05) is 23.4 Å². The maximum atomic E-state index is 13.0. The summed E-state index contributed by atoms with van der Waals surface area (Å²) in [5, 5.41) is 11.8. The number of amides is 1. The first-order valence-electron chi connectivity index (χ1n) is 16.6. The van der Waals surface area contributed by atoms with E-state index in [9.17, 15) is 19.2 Å². The average Bonchev–Trinajstić information content (AvgIpc) is 3.44. The summed E-state index contributed by atoms with van der Waals surface area (Å²) >= 11 is 3.84. The predicted molar refractivity (Wildman–Crippen MR) is 193 cm³/mol. The number of rotatable bonds is 14. The molecule has 10 nitrogen and oxygen atoms in total. The fraction of sp³-hybridized carbons (Fsp3) is 0.647. The molecule has 0 bridgehead atoms. The Morgan fingerprint density at radius 2 is 1.72 bits per heavy atom. The van der Waals surface area contributed by atoms with Crippen molar-refractivity contribution in [3.05, 3.63) is 62.4 Å². The second-order valence-corrected chi connectivity index (χ2v) is 21.9. The fourth-order valence-electron chi connectivity index (χ4n) is 5.83. The van der Waals surface area contributed by atoms with Gasteiger partial charge in [0.25, 0.3) is 5.56 Å². The van der Waals surface area contributed by atoms with Crippen LogP contribution in [0.5, 0.6) is 0 Å². The average molecular weight is 706 g/mol. The maximum absolute atomic E-state index is 13.0. The van der Waals surface area contributed by atoms with Crippen molar-refractivity contribution in [1.29, 1.82) is 0 Å². The van der Waals surface area contributed by atoms with Crippen LogP contribution in [0.4, 0.5) is 5.69 Å². The number of hydrogen-bond donors (Lipinski definition) is 3. The van der Waals surface area contributed by atoms with Gasteiger partial charge in [-0.3, -0.25) is 23.9 Å². The van der Waals surface area contributed by atoms with E-state index < -0.39 is 31.8 Å². The Morgan fingerprint density at radius 1 is 1.09 bits per heavy atom. The summed E-state index contributed by atoms with van der Waals surface area (Å²) in [4.78, 5) is 50.9. The molecule has 2 aromatic rings. The lowest BCUT2D eigenvalue weighted by molar-refractivity contribution is -0.137. The molecule has 13 heteroatoms. The lowest BCUT2D eigenvalue weighted by Crippen LogP contribution is -2.45. The van der Waals surface area contributed by atoms with Gasteiger partial charge in [-0.05, 0) is 73.5 Å². The van der Waals surface area contributed by atoms with Gasteiger partial charge in [0.05, 0.1) is 16.8 Å². The molecule has 2 aliphatic rings. The molecule has 4 rings (SSSR count). The quantitative estimate of drug-likeness (QED) is 0.142. The summed E-state index contributed by atoms with van der Waals surface area (Å²) in [6.45, 7) is 13.2. The molecule has 260 valence electrons. The number of aromatic nitrogens is 2. The van der Waals surface area contributed by atoms with Crippen LogP contribution in [0.25, 0.3) is 0 Å². The number of carboxylic acid groups (broad SMARTS) is 1. The van der Waals surface area contributed by atoms with Crippen molar-refractivity contribution in [3.63, 3.8) is 0 Å². The maximum Gasteiger partial charge on any atom is 0.330 e. The van der Waals surface area contributed by atoms with Gasteiger partial charge in [-0.1, -0.05) is 45.7 Å². The van der Waals surface area contributed by atoms with Gasteiger partial charge in [0.15, 0.2) is 8.32 Å². The fourth-order valence-corrected chi connectivity index (χ4v) is 10.6. The van der Waals surface area contributed by atoms with Crippen LogP contribution in [0.15, 0.2) is 40.1 Å². The monoisotopic (exact) mass is 705 g/mol. The van der Waals surface area contributed by atoms with E-state index >= 15 is 0 Å². The molecular formula is C34H51N3O7S2Si. The topological polar surface area (TPSA) is 140 Å². The first-order valence-corrected chi connectivity index (χ1v) is 21.5. The van der Waals surface area contributed by atoms with Crippen molar-refractivity contribution >= 4 is 49.4 Å². The number of H-pyrrole nitrogens is 1. The molecule has 0 unspecified atom stereocenters. The number of aromatic amines is 1. The first-order chi connectivity index (χ1) is 22.1. The van der Waals surface area contributed by atoms with Crippen LogP contribution in [0.3, 0.4) is 0 Å². The molecule has 3 N–H and O–H groups in total. The van der Waals surface area contributed by atoms with Crippen molar-refractivity contribution < 1.29 is 23.9 Å². The van der Waals surface area contributed by atoms with Crippen LogP contribution in [-0.4, -0.2) is 59.1 Å². The van der Waals surface area contributed by atoms with Gasteiger partial charge in [0.1, 0.15) is 6.23 Å². The van der Waals surface area contributed by atoms with Crippen LogP contribution in [0.1, 0.15) is 89.5 Å². The van der Waals surface area contributed by atoms with Crippen molar-refractivity contribution in [2.24, 2.45) is 5.92 Å². The third-order valence-corrected chi connectivity index (χ3v) is 17.8. The number of unbranched alkanes of at least 4 members (excludes halogenated alkanes) is 3. The van der Waals surface area contributed by atoms with Crippen LogP contribution >= 0.6 is 23.5 Å². The smallest absolute Gasteiger partial charge is 0.330 e. The number of aliphatic carboxylic acids is 1. The predicted octanol–water partition coefficient (Wildman–Crippen LogP) is 6.86.